The standard InChI is InChI=1S/C14H19Cl2N3/c1-2-7-19-8-5-11(6-9-19)17-18-12-3-4-13(15)14(16)10-12/h3-5,10,17-18H,2,6-9H2,1H3/p+1. The van der Waals surface area contributed by atoms with E-state index in [1.54, 1.807) is 11.0 Å². The highest BCUT2D eigenvalue weighted by atomic mass is 35.5. The molecule has 0 amide bonds. The van der Waals surface area contributed by atoms with Crippen molar-refractivity contribution in [1.82, 2.24) is 5.43 Å². The van der Waals surface area contributed by atoms with Gasteiger partial charge >= 0.3 is 0 Å². The molecule has 0 bridgehead atoms. The zero-order valence-corrected chi connectivity index (χ0v) is 12.6. The lowest BCUT2D eigenvalue weighted by Crippen LogP contribution is -3.12. The van der Waals surface area contributed by atoms with E-state index in [0.717, 1.165) is 18.7 Å². The fraction of sp³-hybridized carbons (Fsp3) is 0.429. The number of nitrogens with one attached hydrogen (secondary N) is 3. The molecular formula is C14H20Cl2N3+. The van der Waals surface area contributed by atoms with Crippen molar-refractivity contribution in [2.75, 3.05) is 25.1 Å². The van der Waals surface area contributed by atoms with E-state index in [1.807, 2.05) is 12.1 Å². The van der Waals surface area contributed by atoms with Gasteiger partial charge in [-0.05, 0) is 30.7 Å². The van der Waals surface area contributed by atoms with Gasteiger partial charge in [-0.15, -0.1) is 0 Å². The number of anilines is 1. The molecule has 0 spiro atoms. The lowest BCUT2D eigenvalue weighted by molar-refractivity contribution is -0.895. The third-order valence-electron chi connectivity index (χ3n) is 3.28. The molecule has 1 atom stereocenters. The molecule has 2 rings (SSSR count). The van der Waals surface area contributed by atoms with Crippen molar-refractivity contribution >= 4 is 28.9 Å². The van der Waals surface area contributed by atoms with Crippen LogP contribution >= 0.6 is 23.2 Å². The average molecular weight is 301 g/mol. The summed E-state index contributed by atoms with van der Waals surface area (Å²) in [7, 11) is 0. The third kappa shape index (κ3) is 4.30. The van der Waals surface area contributed by atoms with Crippen molar-refractivity contribution in [3.63, 3.8) is 0 Å². The maximum atomic E-state index is 5.97. The fourth-order valence-corrected chi connectivity index (χ4v) is 2.50. The Balaban J connectivity index is 1.84. The van der Waals surface area contributed by atoms with Crippen LogP contribution in [0.1, 0.15) is 19.8 Å². The molecule has 19 heavy (non-hydrogen) atoms. The Hall–Kier alpha value is -0.900. The molecule has 1 unspecified atom stereocenters. The molecular weight excluding hydrogens is 281 g/mol. The summed E-state index contributed by atoms with van der Waals surface area (Å²) in [5, 5.41) is 1.13. The molecule has 1 aliphatic heterocycles. The van der Waals surface area contributed by atoms with Crippen molar-refractivity contribution in [2.45, 2.75) is 19.8 Å². The second-order valence-electron chi connectivity index (χ2n) is 4.81. The fourth-order valence-electron chi connectivity index (χ4n) is 2.20. The molecule has 3 N–H and O–H groups in total. The molecule has 1 aromatic carbocycles. The first-order valence-corrected chi connectivity index (χ1v) is 7.44. The van der Waals surface area contributed by atoms with E-state index >= 15 is 0 Å². The summed E-state index contributed by atoms with van der Waals surface area (Å²) in [6.45, 7) is 5.77. The maximum absolute atomic E-state index is 5.97. The Morgan fingerprint density at radius 1 is 1.21 bits per heavy atom. The van der Waals surface area contributed by atoms with E-state index in [0.29, 0.717) is 10.0 Å². The molecule has 0 fully saturated rings. The smallest absolute Gasteiger partial charge is 0.0978 e. The minimum absolute atomic E-state index is 0.560. The van der Waals surface area contributed by atoms with Gasteiger partial charge in [0.2, 0.25) is 0 Å². The molecule has 5 heteroatoms. The first-order valence-electron chi connectivity index (χ1n) is 6.68. The first-order chi connectivity index (χ1) is 9.19. The SMILES string of the molecule is CCC[NH+]1CC=C(NNc2ccc(Cl)c(Cl)c2)CC1. The van der Waals surface area contributed by atoms with Crippen LogP contribution in [0.2, 0.25) is 10.0 Å². The molecule has 0 aromatic heterocycles. The van der Waals surface area contributed by atoms with Crippen LogP contribution in [0.25, 0.3) is 0 Å². The van der Waals surface area contributed by atoms with E-state index in [1.165, 1.54) is 25.2 Å². The second-order valence-corrected chi connectivity index (χ2v) is 5.63. The van der Waals surface area contributed by atoms with Gasteiger partial charge in [0.15, 0.2) is 0 Å². The summed E-state index contributed by atoms with van der Waals surface area (Å²) in [5.41, 5.74) is 8.56. The van der Waals surface area contributed by atoms with E-state index in [9.17, 15) is 0 Å². The maximum Gasteiger partial charge on any atom is 0.0978 e. The molecule has 1 aliphatic rings. The van der Waals surface area contributed by atoms with Gasteiger partial charge in [-0.25, -0.2) is 0 Å². The van der Waals surface area contributed by atoms with Gasteiger partial charge in [-0.3, -0.25) is 0 Å². The predicted octanol–water partition coefficient (Wildman–Crippen LogP) is 2.49. The second kappa shape index (κ2) is 7.04. The summed E-state index contributed by atoms with van der Waals surface area (Å²) in [6, 6.07) is 5.50. The molecule has 3 nitrogen and oxygen atoms in total. The minimum atomic E-state index is 0.560. The molecule has 0 radical (unpaired) electrons. The monoisotopic (exact) mass is 300 g/mol. The quantitative estimate of drug-likeness (QED) is 0.729. The van der Waals surface area contributed by atoms with Gasteiger partial charge < -0.3 is 15.8 Å². The Bertz CT molecular complexity index is 460. The van der Waals surface area contributed by atoms with Crippen molar-refractivity contribution in [2.24, 2.45) is 0 Å². The van der Waals surface area contributed by atoms with E-state index in [-0.39, 0.29) is 0 Å². The molecule has 0 aliphatic carbocycles. The average Bonchev–Trinajstić information content (AvgIpc) is 2.42. The van der Waals surface area contributed by atoms with Gasteiger partial charge in [0.1, 0.15) is 0 Å². The predicted molar refractivity (Wildman–Crippen MR) is 81.8 cm³/mol. The third-order valence-corrected chi connectivity index (χ3v) is 4.01. The summed E-state index contributed by atoms with van der Waals surface area (Å²) >= 11 is 11.9. The molecule has 1 aromatic rings. The van der Waals surface area contributed by atoms with Gasteiger partial charge in [-0.2, -0.15) is 0 Å². The van der Waals surface area contributed by atoms with E-state index < -0.39 is 0 Å². The number of hydrogen-bond donors (Lipinski definition) is 3. The summed E-state index contributed by atoms with van der Waals surface area (Å²) in [5.74, 6) is 0. The van der Waals surface area contributed by atoms with Crippen LogP contribution in [0.4, 0.5) is 5.69 Å². The van der Waals surface area contributed by atoms with E-state index in [2.05, 4.69) is 23.9 Å². The Morgan fingerprint density at radius 3 is 2.68 bits per heavy atom. The molecule has 0 saturated carbocycles. The number of hydrogen-bond acceptors (Lipinski definition) is 2. The van der Waals surface area contributed by atoms with Crippen LogP contribution in [-0.2, 0) is 0 Å². The van der Waals surface area contributed by atoms with Gasteiger partial charge in [0.05, 0.1) is 35.4 Å². The summed E-state index contributed by atoms with van der Waals surface area (Å²) in [4.78, 5) is 1.66. The molecule has 1 heterocycles. The number of quaternary nitrogens is 1. The van der Waals surface area contributed by atoms with Crippen LogP contribution < -0.4 is 15.8 Å². The van der Waals surface area contributed by atoms with Crippen molar-refractivity contribution in [3.05, 3.63) is 40.0 Å². The Kier molecular flexibility index (Phi) is 5.37. The largest absolute Gasteiger partial charge is 0.331 e. The van der Waals surface area contributed by atoms with E-state index in [4.69, 9.17) is 23.2 Å². The zero-order chi connectivity index (χ0) is 13.7. The molecule has 0 saturated heterocycles. The van der Waals surface area contributed by atoms with Gasteiger partial charge in [0.25, 0.3) is 0 Å². The van der Waals surface area contributed by atoms with Crippen molar-refractivity contribution in [1.29, 1.82) is 0 Å². The lowest BCUT2D eigenvalue weighted by Gasteiger charge is -2.24. The Morgan fingerprint density at radius 2 is 2.05 bits per heavy atom. The lowest BCUT2D eigenvalue weighted by atomic mass is 10.2. The highest BCUT2D eigenvalue weighted by molar-refractivity contribution is 6.42. The number of benzene rings is 1. The van der Waals surface area contributed by atoms with Crippen LogP contribution in [0.5, 0.6) is 0 Å². The van der Waals surface area contributed by atoms with Crippen LogP contribution in [-0.4, -0.2) is 19.6 Å². The number of hydrazine groups is 1. The number of rotatable bonds is 5. The zero-order valence-electron chi connectivity index (χ0n) is 11.1. The summed E-state index contributed by atoms with van der Waals surface area (Å²) in [6.07, 6.45) is 4.58. The highest BCUT2D eigenvalue weighted by Crippen LogP contribution is 2.24. The van der Waals surface area contributed by atoms with Crippen LogP contribution in [0, 0.1) is 0 Å². The topological polar surface area (TPSA) is 28.5 Å². The van der Waals surface area contributed by atoms with Gasteiger partial charge in [-0.1, -0.05) is 30.1 Å². The van der Waals surface area contributed by atoms with Crippen molar-refractivity contribution < 1.29 is 4.90 Å². The summed E-state index contributed by atoms with van der Waals surface area (Å²) < 4.78 is 0. The van der Waals surface area contributed by atoms with Gasteiger partial charge in [0, 0.05) is 12.1 Å². The highest BCUT2D eigenvalue weighted by Gasteiger charge is 2.13. The first kappa shape index (κ1) is 14.5. The minimum Gasteiger partial charge on any atom is -0.331 e. The number of halogens is 2. The van der Waals surface area contributed by atoms with Crippen molar-refractivity contribution in [3.8, 4) is 0 Å². The normalized spacial score (nSPS) is 18.9. The Labute approximate surface area is 124 Å². The van der Waals surface area contributed by atoms with Crippen LogP contribution in [0.3, 0.4) is 0 Å². The van der Waals surface area contributed by atoms with Crippen LogP contribution in [0.15, 0.2) is 30.0 Å². The molecule has 104 valence electrons.